The minimum absolute atomic E-state index is 0. The fourth-order valence-corrected chi connectivity index (χ4v) is 1.35. The van der Waals surface area contributed by atoms with Crippen molar-refractivity contribution in [2.75, 3.05) is 12.8 Å². The van der Waals surface area contributed by atoms with Gasteiger partial charge in [-0.1, -0.05) is 0 Å². The summed E-state index contributed by atoms with van der Waals surface area (Å²) >= 11 is 0. The number of anilines is 1. The molecule has 1 rings (SSSR count). The van der Waals surface area contributed by atoms with Crippen molar-refractivity contribution in [1.82, 2.24) is 0 Å². The Bertz CT molecular complexity index is 406. The quantitative estimate of drug-likeness (QED) is 0.613. The number of aliphatic carboxylic acids is 1. The van der Waals surface area contributed by atoms with Gasteiger partial charge in [-0.25, -0.2) is 0 Å². The second kappa shape index (κ2) is 5.97. The molecule has 16 heavy (non-hydrogen) atoms. The number of hydrogen-bond donors (Lipinski definition) is 2. The number of carboxylic acid groups (broad SMARTS) is 1. The van der Waals surface area contributed by atoms with Gasteiger partial charge in [0.15, 0.2) is 0 Å². The summed E-state index contributed by atoms with van der Waals surface area (Å²) in [5, 5.41) is 8.66. The highest BCUT2D eigenvalue weighted by Crippen LogP contribution is 2.27. The minimum Gasteiger partial charge on any atom is -0.494 e. The van der Waals surface area contributed by atoms with E-state index < -0.39 is 5.97 Å². The predicted molar refractivity (Wildman–Crippen MR) is 61.4 cm³/mol. The number of ether oxygens (including phenoxy) is 1. The van der Waals surface area contributed by atoms with Crippen molar-refractivity contribution in [3.05, 3.63) is 23.3 Å². The van der Waals surface area contributed by atoms with Crippen LogP contribution < -0.4 is 10.5 Å². The molecule has 0 bridgehead atoms. The van der Waals surface area contributed by atoms with Crippen LogP contribution in [0, 0.1) is 0 Å². The van der Waals surface area contributed by atoms with Gasteiger partial charge in [0, 0.05) is 11.1 Å². The highest BCUT2D eigenvalue weighted by Gasteiger charge is 2.12. The van der Waals surface area contributed by atoms with Crippen molar-refractivity contribution in [2.24, 2.45) is 0 Å². The molecule has 3 N–H and O–H groups in total. The molecule has 0 amide bonds. The Kier molecular flexibility index (Phi) is 5.32. The number of nitrogens with two attached hydrogens (primary N) is 1. The standard InChI is InChI=1S/C10H11NO4.ClH/c1-15-10-7(4-9(13)14)2-6(5-12)3-8(10)11;/h2-3,5H,4,11H2,1H3,(H,13,14);1H. The Morgan fingerprint density at radius 1 is 1.56 bits per heavy atom. The molecule has 6 heteroatoms. The van der Waals surface area contributed by atoms with E-state index in [0.717, 1.165) is 0 Å². The Morgan fingerprint density at radius 3 is 2.62 bits per heavy atom. The topological polar surface area (TPSA) is 89.6 Å². The lowest BCUT2D eigenvalue weighted by Gasteiger charge is -2.10. The van der Waals surface area contributed by atoms with Gasteiger partial charge in [-0.15, -0.1) is 12.4 Å². The van der Waals surface area contributed by atoms with Crippen LogP contribution in [-0.2, 0) is 11.2 Å². The van der Waals surface area contributed by atoms with E-state index in [-0.39, 0.29) is 24.5 Å². The van der Waals surface area contributed by atoms with Crippen LogP contribution in [0.25, 0.3) is 0 Å². The van der Waals surface area contributed by atoms with Crippen molar-refractivity contribution >= 4 is 30.3 Å². The number of benzene rings is 1. The maximum Gasteiger partial charge on any atom is 0.307 e. The molecule has 0 heterocycles. The van der Waals surface area contributed by atoms with Crippen LogP contribution in [0.5, 0.6) is 5.75 Å². The number of hydrogen-bond acceptors (Lipinski definition) is 4. The van der Waals surface area contributed by atoms with Gasteiger partial charge in [-0.05, 0) is 12.1 Å². The number of aldehydes is 1. The third-order valence-corrected chi connectivity index (χ3v) is 1.90. The molecule has 1 aromatic rings. The smallest absolute Gasteiger partial charge is 0.307 e. The molecule has 0 atom stereocenters. The summed E-state index contributed by atoms with van der Waals surface area (Å²) in [4.78, 5) is 21.1. The first-order valence-electron chi connectivity index (χ1n) is 4.21. The Morgan fingerprint density at radius 2 is 2.19 bits per heavy atom. The maximum atomic E-state index is 10.6. The third-order valence-electron chi connectivity index (χ3n) is 1.90. The van der Waals surface area contributed by atoms with E-state index in [1.807, 2.05) is 0 Å². The zero-order chi connectivity index (χ0) is 11.4. The predicted octanol–water partition coefficient (Wildman–Crippen LogP) is 1.14. The SMILES string of the molecule is COc1c(N)cc(C=O)cc1CC(=O)O.Cl. The average Bonchev–Trinajstić information content (AvgIpc) is 2.16. The molecule has 0 radical (unpaired) electrons. The summed E-state index contributed by atoms with van der Waals surface area (Å²) in [6.45, 7) is 0. The Labute approximate surface area is 98.6 Å². The largest absolute Gasteiger partial charge is 0.494 e. The van der Waals surface area contributed by atoms with E-state index in [0.29, 0.717) is 23.2 Å². The molecule has 0 aliphatic rings. The highest BCUT2D eigenvalue weighted by molar-refractivity contribution is 5.85. The van der Waals surface area contributed by atoms with Crippen molar-refractivity contribution in [2.45, 2.75) is 6.42 Å². The Balaban J connectivity index is 0.00000225. The van der Waals surface area contributed by atoms with E-state index in [2.05, 4.69) is 0 Å². The van der Waals surface area contributed by atoms with Crippen LogP contribution in [0.3, 0.4) is 0 Å². The molecule has 1 aromatic carbocycles. The first kappa shape index (κ1) is 14.2. The van der Waals surface area contributed by atoms with Crippen molar-refractivity contribution < 1.29 is 19.4 Å². The second-order valence-corrected chi connectivity index (χ2v) is 2.99. The minimum atomic E-state index is -1.00. The molecule has 0 fully saturated rings. The molecule has 5 nitrogen and oxygen atoms in total. The lowest BCUT2D eigenvalue weighted by molar-refractivity contribution is -0.136. The number of carbonyl (C=O) groups is 2. The molecule has 0 saturated carbocycles. The highest BCUT2D eigenvalue weighted by atomic mass is 35.5. The number of methoxy groups -OCH3 is 1. The fourth-order valence-electron chi connectivity index (χ4n) is 1.35. The number of rotatable bonds is 4. The molecule has 0 unspecified atom stereocenters. The Hall–Kier alpha value is -1.75. The van der Waals surface area contributed by atoms with Crippen LogP contribution in [0.15, 0.2) is 12.1 Å². The second-order valence-electron chi connectivity index (χ2n) is 2.99. The lowest BCUT2D eigenvalue weighted by Crippen LogP contribution is -2.05. The molecule has 0 aliphatic heterocycles. The van der Waals surface area contributed by atoms with Crippen molar-refractivity contribution in [3.8, 4) is 5.75 Å². The van der Waals surface area contributed by atoms with E-state index in [4.69, 9.17) is 15.6 Å². The van der Waals surface area contributed by atoms with E-state index >= 15 is 0 Å². The van der Waals surface area contributed by atoms with Gasteiger partial charge in [0.2, 0.25) is 0 Å². The van der Waals surface area contributed by atoms with Crippen LogP contribution in [0.4, 0.5) is 5.69 Å². The van der Waals surface area contributed by atoms with Gasteiger partial charge in [-0.3, -0.25) is 9.59 Å². The molecular weight excluding hydrogens is 234 g/mol. The van der Waals surface area contributed by atoms with Gasteiger partial charge < -0.3 is 15.6 Å². The summed E-state index contributed by atoms with van der Waals surface area (Å²) in [6, 6.07) is 2.90. The van der Waals surface area contributed by atoms with Gasteiger partial charge in [-0.2, -0.15) is 0 Å². The molecule has 0 saturated heterocycles. The zero-order valence-corrected chi connectivity index (χ0v) is 9.41. The summed E-state index contributed by atoms with van der Waals surface area (Å²) in [7, 11) is 1.40. The monoisotopic (exact) mass is 245 g/mol. The van der Waals surface area contributed by atoms with Gasteiger partial charge in [0.05, 0.1) is 19.2 Å². The fraction of sp³-hybridized carbons (Fsp3) is 0.200. The van der Waals surface area contributed by atoms with Crippen LogP contribution >= 0.6 is 12.4 Å². The van der Waals surface area contributed by atoms with Crippen molar-refractivity contribution in [3.63, 3.8) is 0 Å². The van der Waals surface area contributed by atoms with E-state index in [1.165, 1.54) is 19.2 Å². The van der Waals surface area contributed by atoms with Crippen molar-refractivity contribution in [1.29, 1.82) is 0 Å². The summed E-state index contributed by atoms with van der Waals surface area (Å²) in [5.74, 6) is -0.696. The summed E-state index contributed by atoms with van der Waals surface area (Å²) in [6.07, 6.45) is 0.385. The molecule has 0 aromatic heterocycles. The normalized spacial score (nSPS) is 9.06. The molecule has 0 aliphatic carbocycles. The molecule has 0 spiro atoms. The molecule has 88 valence electrons. The first-order valence-corrected chi connectivity index (χ1v) is 4.21. The van der Waals surface area contributed by atoms with Gasteiger partial charge in [0.1, 0.15) is 12.0 Å². The van der Waals surface area contributed by atoms with E-state index in [1.54, 1.807) is 0 Å². The number of nitrogen functional groups attached to an aromatic ring is 1. The number of carbonyl (C=O) groups excluding carboxylic acids is 1. The molecular formula is C10H12ClNO4. The maximum absolute atomic E-state index is 10.6. The summed E-state index contributed by atoms with van der Waals surface area (Å²) in [5.41, 5.74) is 6.60. The lowest BCUT2D eigenvalue weighted by atomic mass is 10.1. The zero-order valence-electron chi connectivity index (χ0n) is 8.60. The number of carboxylic acids is 1. The average molecular weight is 246 g/mol. The van der Waals surface area contributed by atoms with Gasteiger partial charge in [0.25, 0.3) is 0 Å². The summed E-state index contributed by atoms with van der Waals surface area (Å²) < 4.78 is 4.97. The van der Waals surface area contributed by atoms with Crippen LogP contribution in [0.1, 0.15) is 15.9 Å². The van der Waals surface area contributed by atoms with Gasteiger partial charge >= 0.3 is 5.97 Å². The van der Waals surface area contributed by atoms with Crippen LogP contribution in [-0.4, -0.2) is 24.5 Å². The van der Waals surface area contributed by atoms with E-state index in [9.17, 15) is 9.59 Å². The third kappa shape index (κ3) is 3.13. The first-order chi connectivity index (χ1) is 7.08. The number of halogens is 1. The van der Waals surface area contributed by atoms with Crippen LogP contribution in [0.2, 0.25) is 0 Å².